The Bertz CT molecular complexity index is 1080. The number of hydrogen-bond donors (Lipinski definition) is 1. The average Bonchev–Trinajstić information content (AvgIpc) is 3.16. The lowest BCUT2D eigenvalue weighted by molar-refractivity contribution is -0.385. The first-order valence-corrected chi connectivity index (χ1v) is 8.87. The summed E-state index contributed by atoms with van der Waals surface area (Å²) in [4.78, 5) is 22.4. The van der Waals surface area contributed by atoms with Gasteiger partial charge >= 0.3 is 0 Å². The highest BCUT2D eigenvalue weighted by molar-refractivity contribution is 6.32. The number of para-hydroxylation sites is 1. The summed E-state index contributed by atoms with van der Waals surface area (Å²) in [5.41, 5.74) is 3.44. The third-order valence-electron chi connectivity index (χ3n) is 3.97. The van der Waals surface area contributed by atoms with E-state index in [9.17, 15) is 14.9 Å². The van der Waals surface area contributed by atoms with Gasteiger partial charge in [0.2, 0.25) is 0 Å². The topological polar surface area (TPSA) is 107 Å². The number of ether oxygens (including phenoxy) is 1. The van der Waals surface area contributed by atoms with E-state index < -0.39 is 10.8 Å². The van der Waals surface area contributed by atoms with Crippen molar-refractivity contribution in [3.8, 4) is 17.1 Å². The molecule has 0 aliphatic heterocycles. The molecule has 1 heterocycles. The molecular formula is C20H16ClN3O5. The molecule has 29 heavy (non-hydrogen) atoms. The van der Waals surface area contributed by atoms with Crippen LogP contribution in [-0.2, 0) is 4.79 Å². The number of hydrazone groups is 1. The van der Waals surface area contributed by atoms with E-state index in [2.05, 4.69) is 10.5 Å². The van der Waals surface area contributed by atoms with Gasteiger partial charge in [-0.2, -0.15) is 5.10 Å². The summed E-state index contributed by atoms with van der Waals surface area (Å²) >= 11 is 5.95. The van der Waals surface area contributed by atoms with Crippen molar-refractivity contribution in [3.63, 3.8) is 0 Å². The zero-order valence-electron chi connectivity index (χ0n) is 15.3. The molecule has 148 valence electrons. The number of amides is 1. The maximum absolute atomic E-state index is 11.8. The maximum Gasteiger partial charge on any atom is 0.277 e. The van der Waals surface area contributed by atoms with E-state index in [0.717, 1.165) is 0 Å². The molecule has 0 spiro atoms. The van der Waals surface area contributed by atoms with E-state index in [0.29, 0.717) is 33.4 Å². The molecule has 3 rings (SSSR count). The molecule has 3 aromatic rings. The molecule has 0 radical (unpaired) electrons. The lowest BCUT2D eigenvalue weighted by atomic mass is 10.1. The maximum atomic E-state index is 11.8. The highest BCUT2D eigenvalue weighted by Crippen LogP contribution is 2.30. The highest BCUT2D eigenvalue weighted by atomic mass is 35.5. The highest BCUT2D eigenvalue weighted by Gasteiger charge is 2.16. The number of nitro benzene ring substituents is 1. The summed E-state index contributed by atoms with van der Waals surface area (Å²) in [5.74, 6) is 0.762. The second kappa shape index (κ2) is 9.03. The summed E-state index contributed by atoms with van der Waals surface area (Å²) in [6.45, 7) is 1.40. The fraction of sp³-hybridized carbons (Fsp3) is 0.100. The van der Waals surface area contributed by atoms with Crippen LogP contribution in [0.3, 0.4) is 0 Å². The molecule has 0 bridgehead atoms. The Balaban J connectivity index is 1.60. The molecule has 0 aliphatic carbocycles. The van der Waals surface area contributed by atoms with E-state index in [1.807, 2.05) is 0 Å². The van der Waals surface area contributed by atoms with Crippen molar-refractivity contribution in [2.75, 3.05) is 6.61 Å². The van der Waals surface area contributed by atoms with Gasteiger partial charge < -0.3 is 9.15 Å². The molecule has 0 fully saturated rings. The Labute approximate surface area is 170 Å². The largest absolute Gasteiger partial charge is 0.482 e. The predicted octanol–water partition coefficient (Wildman–Crippen LogP) is 4.35. The molecule has 0 aliphatic rings. The van der Waals surface area contributed by atoms with Crippen LogP contribution >= 0.6 is 11.6 Å². The molecule has 1 N–H and O–H groups in total. The molecule has 2 aromatic carbocycles. The van der Waals surface area contributed by atoms with E-state index >= 15 is 0 Å². The third-order valence-corrected chi connectivity index (χ3v) is 4.28. The summed E-state index contributed by atoms with van der Waals surface area (Å²) in [5, 5.41) is 15.3. The van der Waals surface area contributed by atoms with Gasteiger partial charge in [-0.3, -0.25) is 14.9 Å². The van der Waals surface area contributed by atoms with E-state index in [1.165, 1.54) is 12.3 Å². The summed E-state index contributed by atoms with van der Waals surface area (Å²) in [6, 6.07) is 14.9. The van der Waals surface area contributed by atoms with Crippen molar-refractivity contribution in [2.45, 2.75) is 6.92 Å². The SMILES string of the molecule is Cc1c(-c2ccc(/C=N\NC(=O)COc3ccccc3Cl)o2)cccc1[N+](=O)[O-]. The Hall–Kier alpha value is -3.65. The molecular weight excluding hydrogens is 398 g/mol. The lowest BCUT2D eigenvalue weighted by Gasteiger charge is -2.06. The Morgan fingerprint density at radius 3 is 2.79 bits per heavy atom. The van der Waals surface area contributed by atoms with Gasteiger partial charge in [-0.15, -0.1) is 0 Å². The first kappa shape index (κ1) is 20.1. The van der Waals surface area contributed by atoms with E-state index in [-0.39, 0.29) is 12.3 Å². The van der Waals surface area contributed by atoms with Crippen LogP contribution in [0.5, 0.6) is 5.75 Å². The molecule has 0 atom stereocenters. The van der Waals surface area contributed by atoms with Crippen molar-refractivity contribution in [1.82, 2.24) is 5.43 Å². The van der Waals surface area contributed by atoms with Gasteiger partial charge in [-0.05, 0) is 31.2 Å². The lowest BCUT2D eigenvalue weighted by Crippen LogP contribution is -2.24. The van der Waals surface area contributed by atoms with Gasteiger partial charge in [-0.1, -0.05) is 35.9 Å². The van der Waals surface area contributed by atoms with Gasteiger partial charge in [-0.25, -0.2) is 5.43 Å². The fourth-order valence-electron chi connectivity index (χ4n) is 2.56. The van der Waals surface area contributed by atoms with Gasteiger partial charge in [0.15, 0.2) is 6.61 Å². The van der Waals surface area contributed by atoms with Crippen molar-refractivity contribution in [1.29, 1.82) is 0 Å². The predicted molar refractivity (Wildman–Crippen MR) is 108 cm³/mol. The smallest absolute Gasteiger partial charge is 0.277 e. The van der Waals surface area contributed by atoms with Gasteiger partial charge in [0.25, 0.3) is 11.6 Å². The van der Waals surface area contributed by atoms with Crippen LogP contribution in [0, 0.1) is 17.0 Å². The molecule has 1 amide bonds. The van der Waals surface area contributed by atoms with E-state index in [1.54, 1.807) is 55.5 Å². The number of benzene rings is 2. The number of hydrogen-bond acceptors (Lipinski definition) is 6. The van der Waals surface area contributed by atoms with Crippen molar-refractivity contribution in [3.05, 3.63) is 81.1 Å². The minimum absolute atomic E-state index is 0.0138. The van der Waals surface area contributed by atoms with Crippen LogP contribution < -0.4 is 10.2 Å². The number of halogens is 1. The Kier molecular flexibility index (Phi) is 6.25. The van der Waals surface area contributed by atoms with Crippen LogP contribution in [0.15, 0.2) is 64.1 Å². The third kappa shape index (κ3) is 4.99. The zero-order valence-corrected chi connectivity index (χ0v) is 16.1. The number of carbonyl (C=O) groups is 1. The number of nitro groups is 1. The molecule has 0 unspecified atom stereocenters. The zero-order chi connectivity index (χ0) is 20.8. The van der Waals surface area contributed by atoms with Crippen LogP contribution in [0.25, 0.3) is 11.3 Å². The van der Waals surface area contributed by atoms with Gasteiger partial charge in [0.05, 0.1) is 16.2 Å². The Morgan fingerprint density at radius 2 is 2.03 bits per heavy atom. The van der Waals surface area contributed by atoms with Crippen LogP contribution in [0.2, 0.25) is 5.02 Å². The minimum atomic E-state index is -0.470. The standard InChI is InChI=1S/C20H16ClN3O5/c1-13-15(5-4-7-17(13)24(26)27)18-10-9-14(29-18)11-22-23-20(25)12-28-19-8-3-2-6-16(19)21/h2-11H,12H2,1H3,(H,23,25)/b22-11-. The van der Waals surface area contributed by atoms with Gasteiger partial charge in [0.1, 0.15) is 17.3 Å². The summed E-state index contributed by atoms with van der Waals surface area (Å²) in [7, 11) is 0. The number of rotatable bonds is 7. The summed E-state index contributed by atoms with van der Waals surface area (Å²) < 4.78 is 11.0. The normalized spacial score (nSPS) is 10.8. The van der Waals surface area contributed by atoms with Crippen molar-refractivity contribution in [2.24, 2.45) is 5.10 Å². The van der Waals surface area contributed by atoms with Gasteiger partial charge in [0, 0.05) is 17.2 Å². The first-order valence-electron chi connectivity index (χ1n) is 8.49. The fourth-order valence-corrected chi connectivity index (χ4v) is 2.75. The van der Waals surface area contributed by atoms with Crippen LogP contribution in [0.1, 0.15) is 11.3 Å². The van der Waals surface area contributed by atoms with E-state index in [4.69, 9.17) is 20.8 Å². The molecule has 0 saturated carbocycles. The second-order valence-corrected chi connectivity index (χ2v) is 6.33. The number of nitrogens with zero attached hydrogens (tertiary/aromatic N) is 2. The molecule has 0 saturated heterocycles. The van der Waals surface area contributed by atoms with Crippen molar-refractivity contribution < 1.29 is 18.9 Å². The monoisotopic (exact) mass is 413 g/mol. The number of nitrogens with one attached hydrogen (secondary N) is 1. The molecule has 1 aromatic heterocycles. The van der Waals surface area contributed by atoms with Crippen LogP contribution in [-0.4, -0.2) is 23.7 Å². The quantitative estimate of drug-likeness (QED) is 0.352. The summed E-state index contributed by atoms with van der Waals surface area (Å²) in [6.07, 6.45) is 1.32. The Morgan fingerprint density at radius 1 is 1.24 bits per heavy atom. The first-order chi connectivity index (χ1) is 14.0. The number of furan rings is 1. The minimum Gasteiger partial charge on any atom is -0.482 e. The van der Waals surface area contributed by atoms with Crippen molar-refractivity contribution >= 4 is 29.4 Å². The molecule has 8 nitrogen and oxygen atoms in total. The van der Waals surface area contributed by atoms with Crippen LogP contribution in [0.4, 0.5) is 5.69 Å². The second-order valence-electron chi connectivity index (χ2n) is 5.92. The number of carbonyl (C=O) groups excluding carboxylic acids is 1. The molecule has 9 heteroatoms. The average molecular weight is 414 g/mol.